The lowest BCUT2D eigenvalue weighted by atomic mass is 10.00. The number of hydrogen-bond donors (Lipinski definition) is 2. The highest BCUT2D eigenvalue weighted by Gasteiger charge is 2.57. The fraction of sp³-hybridized carbons (Fsp3) is 0.375. The van der Waals surface area contributed by atoms with Crippen LogP contribution < -0.4 is 10.6 Å². The second kappa shape index (κ2) is 10.3. The summed E-state index contributed by atoms with van der Waals surface area (Å²) in [4.78, 5) is 17.7. The SMILES string of the molecule is CCC1CN(C(=O)NCC(F)(F)C(F)(F)F)CC1Nc1c(C#N)cnc2c1ccn2S(=O)(=O)c1ccccc1. The number of pyridine rings is 1. The summed E-state index contributed by atoms with van der Waals surface area (Å²) in [5.74, 6) is -5.33. The summed E-state index contributed by atoms with van der Waals surface area (Å²) in [5.41, 5.74) is 0.411. The predicted molar refractivity (Wildman–Crippen MR) is 131 cm³/mol. The maximum atomic E-state index is 13.3. The van der Waals surface area contributed by atoms with E-state index in [9.17, 15) is 40.4 Å². The summed E-state index contributed by atoms with van der Waals surface area (Å²) in [7, 11) is -4.01. The van der Waals surface area contributed by atoms with E-state index in [4.69, 9.17) is 0 Å². The molecule has 3 aromatic rings. The molecule has 1 aliphatic rings. The number of amides is 2. The van der Waals surface area contributed by atoms with Crippen molar-refractivity contribution in [3.05, 3.63) is 54.4 Å². The molecule has 1 aliphatic heterocycles. The molecule has 1 saturated heterocycles. The summed E-state index contributed by atoms with van der Waals surface area (Å²) in [6.07, 6.45) is -2.77. The number of rotatable bonds is 7. The van der Waals surface area contributed by atoms with Gasteiger partial charge in [-0.1, -0.05) is 25.1 Å². The Morgan fingerprint density at radius 3 is 2.46 bits per heavy atom. The Labute approximate surface area is 220 Å². The minimum absolute atomic E-state index is 0.0303. The molecule has 1 aromatic carbocycles. The smallest absolute Gasteiger partial charge is 0.378 e. The third kappa shape index (κ3) is 5.33. The second-order valence-electron chi connectivity index (χ2n) is 9.01. The second-order valence-corrected chi connectivity index (χ2v) is 10.8. The van der Waals surface area contributed by atoms with E-state index in [0.29, 0.717) is 11.8 Å². The first-order valence-electron chi connectivity index (χ1n) is 11.7. The van der Waals surface area contributed by atoms with Crippen LogP contribution in [0.3, 0.4) is 0 Å². The van der Waals surface area contributed by atoms with Crippen molar-refractivity contribution in [3.63, 3.8) is 0 Å². The average Bonchev–Trinajstić information content (AvgIpc) is 3.52. The zero-order valence-corrected chi connectivity index (χ0v) is 21.2. The number of hydrogen-bond acceptors (Lipinski definition) is 6. The van der Waals surface area contributed by atoms with E-state index in [1.165, 1.54) is 30.6 Å². The van der Waals surface area contributed by atoms with Crippen LogP contribution >= 0.6 is 0 Å². The summed E-state index contributed by atoms with van der Waals surface area (Å²) >= 11 is 0. The molecule has 2 atom stereocenters. The van der Waals surface area contributed by atoms with Gasteiger partial charge in [-0.3, -0.25) is 0 Å². The van der Waals surface area contributed by atoms with Gasteiger partial charge in [-0.05, 0) is 30.5 Å². The first-order chi connectivity index (χ1) is 18.3. The Kier molecular flexibility index (Phi) is 7.44. The fourth-order valence-corrected chi connectivity index (χ4v) is 5.72. The first kappa shape index (κ1) is 28.1. The van der Waals surface area contributed by atoms with Gasteiger partial charge in [-0.25, -0.2) is 22.2 Å². The van der Waals surface area contributed by atoms with E-state index >= 15 is 0 Å². The van der Waals surface area contributed by atoms with Crippen LogP contribution in [0.2, 0.25) is 0 Å². The molecular formula is C24H23F5N6O3S. The van der Waals surface area contributed by atoms with Gasteiger partial charge in [-0.15, -0.1) is 0 Å². The lowest BCUT2D eigenvalue weighted by Gasteiger charge is -2.23. The van der Waals surface area contributed by atoms with E-state index < -0.39 is 40.7 Å². The molecule has 2 aromatic heterocycles. The number of carbonyl (C=O) groups is 1. The van der Waals surface area contributed by atoms with Gasteiger partial charge < -0.3 is 15.5 Å². The maximum absolute atomic E-state index is 13.3. The van der Waals surface area contributed by atoms with E-state index in [-0.39, 0.29) is 40.8 Å². The minimum atomic E-state index is -5.80. The third-order valence-electron chi connectivity index (χ3n) is 6.56. The quantitative estimate of drug-likeness (QED) is 0.412. The van der Waals surface area contributed by atoms with Crippen LogP contribution in [0, 0.1) is 17.2 Å². The average molecular weight is 571 g/mol. The van der Waals surface area contributed by atoms with Crippen molar-refractivity contribution in [1.82, 2.24) is 19.2 Å². The lowest BCUT2D eigenvalue weighted by molar-refractivity contribution is -0.278. The summed E-state index contributed by atoms with van der Waals surface area (Å²) in [5, 5.41) is 14.8. The molecule has 39 heavy (non-hydrogen) atoms. The van der Waals surface area contributed by atoms with E-state index in [2.05, 4.69) is 10.3 Å². The molecule has 4 rings (SSSR count). The molecular weight excluding hydrogens is 547 g/mol. The molecule has 0 bridgehead atoms. The van der Waals surface area contributed by atoms with Gasteiger partial charge in [0.15, 0.2) is 5.65 Å². The monoisotopic (exact) mass is 570 g/mol. The molecule has 2 amide bonds. The number of carbonyl (C=O) groups excluding carboxylic acids is 1. The van der Waals surface area contributed by atoms with Crippen molar-refractivity contribution in [3.8, 4) is 6.07 Å². The molecule has 3 heterocycles. The highest BCUT2D eigenvalue weighted by molar-refractivity contribution is 7.90. The van der Waals surface area contributed by atoms with Crippen LogP contribution in [0.1, 0.15) is 18.9 Å². The van der Waals surface area contributed by atoms with Crippen molar-refractivity contribution in [2.75, 3.05) is 25.0 Å². The Morgan fingerprint density at radius 1 is 1.15 bits per heavy atom. The summed E-state index contributed by atoms with van der Waals surface area (Å²) in [6.45, 7) is -0.0702. The van der Waals surface area contributed by atoms with Gasteiger partial charge in [0.1, 0.15) is 6.07 Å². The van der Waals surface area contributed by atoms with Crippen molar-refractivity contribution >= 4 is 32.8 Å². The van der Waals surface area contributed by atoms with Crippen LogP contribution in [0.5, 0.6) is 0 Å². The van der Waals surface area contributed by atoms with Crippen molar-refractivity contribution < 1.29 is 35.2 Å². The zero-order valence-electron chi connectivity index (χ0n) is 20.4. The zero-order chi connectivity index (χ0) is 28.6. The highest BCUT2D eigenvalue weighted by Crippen LogP contribution is 2.35. The first-order valence-corrected chi connectivity index (χ1v) is 13.2. The number of urea groups is 1. The molecule has 208 valence electrons. The van der Waals surface area contributed by atoms with Gasteiger partial charge in [0.05, 0.1) is 22.7 Å². The standard InChI is InChI=1S/C24H23F5N6O3S/c1-2-15-12-34(22(36)32-14-23(25,26)24(27,28)29)13-19(15)33-20-16(10-30)11-31-21-18(20)8-9-35(21)39(37,38)17-6-4-3-5-7-17/h3-9,11,15,19H,2,12-14H2,1H3,(H,31,33)(H,32,36). The van der Waals surface area contributed by atoms with E-state index in [0.717, 1.165) is 8.87 Å². The Morgan fingerprint density at radius 2 is 1.85 bits per heavy atom. The normalized spacial score (nSPS) is 18.2. The van der Waals surface area contributed by atoms with Crippen LogP contribution in [0.15, 0.2) is 53.7 Å². The number of nitrogens with zero attached hydrogens (tertiary/aromatic N) is 4. The molecule has 1 fully saturated rings. The molecule has 2 unspecified atom stereocenters. The van der Waals surface area contributed by atoms with Gasteiger partial charge in [0.2, 0.25) is 0 Å². The highest BCUT2D eigenvalue weighted by atomic mass is 32.2. The number of benzene rings is 1. The van der Waals surface area contributed by atoms with Gasteiger partial charge in [0.25, 0.3) is 10.0 Å². The molecule has 0 radical (unpaired) electrons. The van der Waals surface area contributed by atoms with Gasteiger partial charge >= 0.3 is 18.1 Å². The van der Waals surface area contributed by atoms with Gasteiger partial charge in [0, 0.05) is 36.9 Å². The topological polar surface area (TPSA) is 120 Å². The number of nitrogens with one attached hydrogen (secondary N) is 2. The van der Waals surface area contributed by atoms with Crippen LogP contribution in [-0.4, -0.2) is 66.1 Å². The third-order valence-corrected chi connectivity index (χ3v) is 8.24. The molecule has 0 spiro atoms. The lowest BCUT2D eigenvalue weighted by Crippen LogP contribution is -2.50. The fourth-order valence-electron chi connectivity index (χ4n) is 4.40. The predicted octanol–water partition coefficient (Wildman–Crippen LogP) is 4.17. The Hall–Kier alpha value is -3.93. The maximum Gasteiger partial charge on any atom is 0.455 e. The number of nitriles is 1. The van der Waals surface area contributed by atoms with E-state index in [1.807, 2.05) is 13.0 Å². The summed E-state index contributed by atoms with van der Waals surface area (Å²) in [6, 6.07) is 9.55. The number of fused-ring (bicyclic) bond motifs is 1. The largest absolute Gasteiger partial charge is 0.455 e. The van der Waals surface area contributed by atoms with Crippen LogP contribution in [0.4, 0.5) is 32.4 Å². The minimum Gasteiger partial charge on any atom is -0.378 e. The van der Waals surface area contributed by atoms with E-state index in [1.54, 1.807) is 23.5 Å². The number of alkyl halides is 5. The molecule has 9 nitrogen and oxygen atoms in total. The molecule has 0 saturated carbocycles. The van der Waals surface area contributed by atoms with Crippen LogP contribution in [-0.2, 0) is 10.0 Å². The number of halogens is 5. The Balaban J connectivity index is 1.60. The van der Waals surface area contributed by atoms with Crippen LogP contribution in [0.25, 0.3) is 11.0 Å². The molecule has 2 N–H and O–H groups in total. The van der Waals surface area contributed by atoms with Crippen molar-refractivity contribution in [2.45, 2.75) is 36.4 Å². The Bertz CT molecular complexity index is 1520. The number of aromatic nitrogens is 2. The van der Waals surface area contributed by atoms with Gasteiger partial charge in [-0.2, -0.15) is 27.2 Å². The number of likely N-dealkylation sites (tertiary alicyclic amines) is 1. The van der Waals surface area contributed by atoms with Crippen molar-refractivity contribution in [2.24, 2.45) is 5.92 Å². The summed E-state index contributed by atoms with van der Waals surface area (Å²) < 4.78 is 91.3. The molecule has 15 heteroatoms. The number of anilines is 1. The molecule has 0 aliphatic carbocycles. The van der Waals surface area contributed by atoms with Crippen molar-refractivity contribution in [1.29, 1.82) is 5.26 Å².